The van der Waals surface area contributed by atoms with Gasteiger partial charge in [0.1, 0.15) is 23.4 Å². The Labute approximate surface area is 216 Å². The molecule has 7 nitrogen and oxygen atoms in total. The van der Waals surface area contributed by atoms with E-state index in [9.17, 15) is 14.7 Å². The van der Waals surface area contributed by atoms with E-state index in [-0.39, 0.29) is 17.4 Å². The van der Waals surface area contributed by atoms with Crippen LogP contribution in [0.1, 0.15) is 36.6 Å². The van der Waals surface area contributed by atoms with E-state index in [1.165, 1.54) is 4.90 Å². The molecular formula is C30H30N2O5. The molecule has 7 heteroatoms. The van der Waals surface area contributed by atoms with Crippen molar-refractivity contribution in [2.45, 2.75) is 32.4 Å². The molecule has 5 rings (SSSR count). The fourth-order valence-electron chi connectivity index (χ4n) is 4.98. The Morgan fingerprint density at radius 3 is 2.54 bits per heavy atom. The fraction of sp³-hybridized carbons (Fsp3) is 0.267. The van der Waals surface area contributed by atoms with Crippen LogP contribution in [0.25, 0.3) is 5.76 Å². The van der Waals surface area contributed by atoms with Gasteiger partial charge in [-0.05, 0) is 67.4 Å². The Bertz CT molecular complexity index is 1390. The Balaban J connectivity index is 1.67. The molecule has 3 aromatic carbocycles. The number of carbonyl (C=O) groups excluding carboxylic acids is 2. The Morgan fingerprint density at radius 1 is 1.08 bits per heavy atom. The molecular weight excluding hydrogens is 468 g/mol. The van der Waals surface area contributed by atoms with Crippen molar-refractivity contribution in [1.29, 1.82) is 0 Å². The first-order chi connectivity index (χ1) is 17.8. The van der Waals surface area contributed by atoms with Crippen LogP contribution in [0.2, 0.25) is 0 Å². The maximum atomic E-state index is 13.5. The van der Waals surface area contributed by atoms with Crippen LogP contribution < -0.4 is 19.3 Å². The van der Waals surface area contributed by atoms with Crippen LogP contribution in [-0.4, -0.2) is 43.6 Å². The van der Waals surface area contributed by atoms with Gasteiger partial charge < -0.3 is 19.5 Å². The number of amides is 1. The summed E-state index contributed by atoms with van der Waals surface area (Å²) in [6, 6.07) is 19.3. The molecule has 2 unspecified atom stereocenters. The van der Waals surface area contributed by atoms with Crippen molar-refractivity contribution in [3.05, 3.63) is 89.0 Å². The molecule has 0 aromatic heterocycles. The third-order valence-corrected chi connectivity index (χ3v) is 6.75. The van der Waals surface area contributed by atoms with Crippen molar-refractivity contribution in [3.8, 4) is 11.5 Å². The summed E-state index contributed by atoms with van der Waals surface area (Å²) in [5.74, 6) is -0.267. The van der Waals surface area contributed by atoms with E-state index in [0.717, 1.165) is 17.0 Å². The number of nitrogens with zero attached hydrogens (tertiary/aromatic N) is 2. The summed E-state index contributed by atoms with van der Waals surface area (Å²) in [5, 5.41) is 11.5. The number of ketones is 1. The fourth-order valence-corrected chi connectivity index (χ4v) is 4.98. The lowest BCUT2D eigenvalue weighted by Crippen LogP contribution is -2.29. The van der Waals surface area contributed by atoms with Crippen LogP contribution in [0.15, 0.2) is 72.3 Å². The normalized spacial score (nSPS) is 20.1. The summed E-state index contributed by atoms with van der Waals surface area (Å²) in [7, 11) is 3.89. The number of aliphatic hydroxyl groups is 1. The molecule has 2 atom stereocenters. The van der Waals surface area contributed by atoms with Gasteiger partial charge in [0.15, 0.2) is 0 Å². The second kappa shape index (κ2) is 9.65. The summed E-state index contributed by atoms with van der Waals surface area (Å²) in [6.45, 7) is 4.34. The van der Waals surface area contributed by atoms with Crippen molar-refractivity contribution >= 4 is 28.8 Å². The summed E-state index contributed by atoms with van der Waals surface area (Å²) in [6.07, 6.45) is 0.760. The molecule has 1 fully saturated rings. The summed E-state index contributed by atoms with van der Waals surface area (Å²) in [4.78, 5) is 30.4. The maximum Gasteiger partial charge on any atom is 0.300 e. The van der Waals surface area contributed by atoms with E-state index in [1.807, 2.05) is 63.2 Å². The molecule has 1 amide bonds. The van der Waals surface area contributed by atoms with Gasteiger partial charge in [-0.15, -0.1) is 0 Å². The number of rotatable bonds is 6. The zero-order chi connectivity index (χ0) is 26.3. The van der Waals surface area contributed by atoms with Gasteiger partial charge in [0.25, 0.3) is 11.7 Å². The van der Waals surface area contributed by atoms with E-state index in [2.05, 4.69) is 0 Å². The molecule has 190 valence electrons. The number of hydrogen-bond acceptors (Lipinski definition) is 6. The number of aliphatic hydroxyl groups excluding tert-OH is 1. The van der Waals surface area contributed by atoms with Crippen molar-refractivity contribution in [2.24, 2.45) is 0 Å². The van der Waals surface area contributed by atoms with E-state index in [0.29, 0.717) is 35.6 Å². The van der Waals surface area contributed by atoms with E-state index in [1.54, 1.807) is 36.4 Å². The minimum absolute atomic E-state index is 0.0470. The molecule has 2 aliphatic rings. The Morgan fingerprint density at radius 2 is 1.84 bits per heavy atom. The topological polar surface area (TPSA) is 79.3 Å². The van der Waals surface area contributed by atoms with Crippen LogP contribution in [0, 0.1) is 0 Å². The zero-order valence-corrected chi connectivity index (χ0v) is 21.4. The quantitative estimate of drug-likeness (QED) is 0.289. The van der Waals surface area contributed by atoms with Crippen LogP contribution >= 0.6 is 0 Å². The van der Waals surface area contributed by atoms with E-state index >= 15 is 0 Å². The minimum Gasteiger partial charge on any atom is -0.507 e. The molecule has 3 aromatic rings. The van der Waals surface area contributed by atoms with Gasteiger partial charge >= 0.3 is 0 Å². The number of ether oxygens (including phenoxy) is 2. The van der Waals surface area contributed by atoms with Gasteiger partial charge in [0, 0.05) is 43.5 Å². The van der Waals surface area contributed by atoms with Crippen LogP contribution in [0.3, 0.4) is 0 Å². The number of Topliss-reactive ketones (excluding diaryl/α,β-unsaturated/α-hetero) is 1. The first kappa shape index (κ1) is 24.4. The average Bonchev–Trinajstić information content (AvgIpc) is 3.39. The van der Waals surface area contributed by atoms with Crippen molar-refractivity contribution in [2.75, 3.05) is 30.5 Å². The second-order valence-electron chi connectivity index (χ2n) is 9.54. The minimum atomic E-state index is -0.809. The molecule has 0 bridgehead atoms. The lowest BCUT2D eigenvalue weighted by Gasteiger charge is -2.26. The van der Waals surface area contributed by atoms with Gasteiger partial charge in [-0.3, -0.25) is 14.5 Å². The smallest absolute Gasteiger partial charge is 0.300 e. The van der Waals surface area contributed by atoms with E-state index in [4.69, 9.17) is 9.47 Å². The molecule has 1 saturated heterocycles. The largest absolute Gasteiger partial charge is 0.507 e. The van der Waals surface area contributed by atoms with Crippen LogP contribution in [0.5, 0.6) is 11.5 Å². The number of carbonyl (C=O) groups is 2. The standard InChI is InChI=1S/C30H30N2O5/c1-5-36-24-8-6-7-23(17-24)32-27(19-9-12-22(13-10-19)31(3)4)26(29(34)30(32)35)28(33)20-11-14-25-21(16-20)15-18(2)37-25/h6-14,16-18,27,33H,5,15H2,1-4H3/b28-26-. The summed E-state index contributed by atoms with van der Waals surface area (Å²) < 4.78 is 11.4. The number of benzene rings is 3. The second-order valence-corrected chi connectivity index (χ2v) is 9.54. The molecule has 37 heavy (non-hydrogen) atoms. The lowest BCUT2D eigenvalue weighted by atomic mass is 9.94. The van der Waals surface area contributed by atoms with Gasteiger partial charge in [-0.2, -0.15) is 0 Å². The highest BCUT2D eigenvalue weighted by Crippen LogP contribution is 2.43. The van der Waals surface area contributed by atoms with Crippen molar-refractivity contribution in [1.82, 2.24) is 0 Å². The van der Waals surface area contributed by atoms with Gasteiger partial charge in [0.2, 0.25) is 0 Å². The number of hydrogen-bond donors (Lipinski definition) is 1. The first-order valence-corrected chi connectivity index (χ1v) is 12.4. The number of fused-ring (bicyclic) bond motifs is 1. The van der Waals surface area contributed by atoms with Gasteiger partial charge in [-0.25, -0.2) is 0 Å². The third-order valence-electron chi connectivity index (χ3n) is 6.75. The molecule has 0 spiro atoms. The Kier molecular flexibility index (Phi) is 6.38. The predicted molar refractivity (Wildman–Crippen MR) is 143 cm³/mol. The first-order valence-electron chi connectivity index (χ1n) is 12.4. The molecule has 2 aliphatic heterocycles. The van der Waals surface area contributed by atoms with Crippen molar-refractivity contribution < 1.29 is 24.2 Å². The highest BCUT2D eigenvalue weighted by Gasteiger charge is 2.47. The summed E-state index contributed by atoms with van der Waals surface area (Å²) in [5.41, 5.74) is 3.70. The monoisotopic (exact) mass is 498 g/mol. The van der Waals surface area contributed by atoms with E-state index < -0.39 is 17.7 Å². The SMILES string of the molecule is CCOc1cccc(N2C(=O)C(=O)/C(=C(\O)c3ccc4c(c3)CC(C)O4)C2c2ccc(N(C)C)cc2)c1. The molecule has 0 saturated carbocycles. The lowest BCUT2D eigenvalue weighted by molar-refractivity contribution is -0.132. The molecule has 2 heterocycles. The Hall–Kier alpha value is -4.26. The summed E-state index contributed by atoms with van der Waals surface area (Å²) >= 11 is 0. The molecule has 0 radical (unpaired) electrons. The number of anilines is 2. The third kappa shape index (κ3) is 4.42. The van der Waals surface area contributed by atoms with Gasteiger partial charge in [0.05, 0.1) is 18.2 Å². The van der Waals surface area contributed by atoms with Crippen LogP contribution in [-0.2, 0) is 16.0 Å². The highest BCUT2D eigenvalue weighted by atomic mass is 16.5. The molecule has 0 aliphatic carbocycles. The zero-order valence-electron chi connectivity index (χ0n) is 21.4. The molecule has 1 N–H and O–H groups in total. The average molecular weight is 499 g/mol. The predicted octanol–water partition coefficient (Wildman–Crippen LogP) is 5.10. The highest BCUT2D eigenvalue weighted by molar-refractivity contribution is 6.51. The van der Waals surface area contributed by atoms with Gasteiger partial charge in [-0.1, -0.05) is 18.2 Å². The van der Waals surface area contributed by atoms with Crippen LogP contribution in [0.4, 0.5) is 11.4 Å². The maximum absolute atomic E-state index is 13.5. The van der Waals surface area contributed by atoms with Crippen molar-refractivity contribution in [3.63, 3.8) is 0 Å².